The summed E-state index contributed by atoms with van der Waals surface area (Å²) in [5.41, 5.74) is 2.67. The number of carbonyl (C=O) groups excluding carboxylic acids is 1. The maximum Gasteiger partial charge on any atom is 0.252 e. The number of benzene rings is 2. The van der Waals surface area contributed by atoms with Gasteiger partial charge in [0.2, 0.25) is 0 Å². The number of nitrogens with one attached hydrogen (secondary N) is 1. The molecule has 2 aromatic carbocycles. The Morgan fingerprint density at radius 2 is 1.97 bits per heavy atom. The number of imidazole rings is 1. The van der Waals surface area contributed by atoms with E-state index in [0.29, 0.717) is 18.5 Å². The maximum absolute atomic E-state index is 12.7. The Morgan fingerprint density at radius 3 is 2.79 bits per heavy atom. The molecular weight excluding hydrogens is 406 g/mol. The van der Waals surface area contributed by atoms with Crippen molar-refractivity contribution in [1.82, 2.24) is 14.9 Å². The van der Waals surface area contributed by atoms with Gasteiger partial charge in [-0.25, -0.2) is 13.4 Å². The highest BCUT2D eigenvalue weighted by Crippen LogP contribution is 2.33. The lowest BCUT2D eigenvalue weighted by Gasteiger charge is -2.13. The number of rotatable bonds is 7. The zero-order valence-corrected chi connectivity index (χ0v) is 17.6. The van der Waals surface area contributed by atoms with Crippen LogP contribution in [0.2, 0.25) is 0 Å². The predicted molar refractivity (Wildman–Crippen MR) is 116 cm³/mol. The number of carbonyl (C=O) groups is 1. The largest absolute Gasteiger partial charge is 0.352 e. The molecule has 0 aliphatic carbocycles. The predicted octanol–water partition coefficient (Wildman–Crippen LogP) is 3.14. The van der Waals surface area contributed by atoms with E-state index in [1.807, 2.05) is 48.8 Å². The summed E-state index contributed by atoms with van der Waals surface area (Å²) in [7, 11) is -2.93. The molecule has 2 heterocycles. The van der Waals surface area contributed by atoms with Crippen LogP contribution in [0.1, 0.15) is 23.2 Å². The van der Waals surface area contributed by atoms with Gasteiger partial charge in [-0.3, -0.25) is 4.79 Å². The van der Waals surface area contributed by atoms with Crippen LogP contribution in [-0.2, 0) is 16.4 Å². The fourth-order valence-corrected chi connectivity index (χ4v) is 7.15. The first kappa shape index (κ1) is 20.0. The molecule has 1 aliphatic heterocycles. The molecule has 0 unspecified atom stereocenters. The lowest BCUT2D eigenvalue weighted by molar-refractivity contribution is 0.0950. The molecule has 0 bridgehead atoms. The van der Waals surface area contributed by atoms with Gasteiger partial charge in [0.15, 0.2) is 9.84 Å². The second-order valence-corrected chi connectivity index (χ2v) is 10.7. The normalized spacial score (nSPS) is 18.1. The summed E-state index contributed by atoms with van der Waals surface area (Å²) in [6.07, 6.45) is 3.26. The zero-order chi connectivity index (χ0) is 20.3. The van der Waals surface area contributed by atoms with E-state index in [1.165, 1.54) is 11.8 Å². The SMILES string of the molecule is O=C(NCCCn1cnc2ccccc21)c1ccccc1S[C@@H]1CCS(=O)(=O)C1. The second-order valence-electron chi connectivity index (χ2n) is 7.18. The molecular formula is C21H23N3O3S2. The Hall–Kier alpha value is -2.32. The van der Waals surface area contributed by atoms with Crippen molar-refractivity contribution in [2.24, 2.45) is 0 Å². The van der Waals surface area contributed by atoms with Gasteiger partial charge in [0.25, 0.3) is 5.91 Å². The Bertz CT molecular complexity index is 1120. The highest BCUT2D eigenvalue weighted by Gasteiger charge is 2.29. The quantitative estimate of drug-likeness (QED) is 0.584. The first-order chi connectivity index (χ1) is 14.0. The van der Waals surface area contributed by atoms with Crippen LogP contribution >= 0.6 is 11.8 Å². The summed E-state index contributed by atoms with van der Waals surface area (Å²) in [6, 6.07) is 15.4. The lowest BCUT2D eigenvalue weighted by atomic mass is 10.2. The van der Waals surface area contributed by atoms with E-state index in [9.17, 15) is 13.2 Å². The van der Waals surface area contributed by atoms with Crippen molar-refractivity contribution in [1.29, 1.82) is 0 Å². The molecule has 1 amide bonds. The van der Waals surface area contributed by atoms with Crippen molar-refractivity contribution in [3.63, 3.8) is 0 Å². The van der Waals surface area contributed by atoms with Crippen molar-refractivity contribution in [2.45, 2.75) is 29.5 Å². The van der Waals surface area contributed by atoms with Gasteiger partial charge in [-0.2, -0.15) is 0 Å². The van der Waals surface area contributed by atoms with Crippen LogP contribution in [0.15, 0.2) is 59.8 Å². The van der Waals surface area contributed by atoms with Crippen molar-refractivity contribution in [3.05, 3.63) is 60.4 Å². The fourth-order valence-electron chi connectivity index (χ4n) is 3.53. The number of amides is 1. The van der Waals surface area contributed by atoms with Crippen LogP contribution in [0.5, 0.6) is 0 Å². The summed E-state index contributed by atoms with van der Waals surface area (Å²) in [4.78, 5) is 17.9. The molecule has 1 aliphatic rings. The Balaban J connectivity index is 1.33. The first-order valence-electron chi connectivity index (χ1n) is 9.66. The van der Waals surface area contributed by atoms with Crippen LogP contribution in [0, 0.1) is 0 Å². The first-order valence-corrected chi connectivity index (χ1v) is 12.4. The van der Waals surface area contributed by atoms with Gasteiger partial charge in [0.05, 0.1) is 34.4 Å². The summed E-state index contributed by atoms with van der Waals surface area (Å²) >= 11 is 1.49. The van der Waals surface area contributed by atoms with Crippen molar-refractivity contribution in [3.8, 4) is 0 Å². The molecule has 1 saturated heterocycles. The highest BCUT2D eigenvalue weighted by molar-refractivity contribution is 8.02. The third kappa shape index (κ3) is 4.82. The number of para-hydroxylation sites is 2. The Morgan fingerprint density at radius 1 is 1.17 bits per heavy atom. The van der Waals surface area contributed by atoms with Gasteiger partial charge >= 0.3 is 0 Å². The molecule has 4 rings (SSSR count). The summed E-state index contributed by atoms with van der Waals surface area (Å²) in [5, 5.41) is 3.00. The summed E-state index contributed by atoms with van der Waals surface area (Å²) in [5.74, 6) is 0.304. The van der Waals surface area contributed by atoms with Crippen molar-refractivity contribution < 1.29 is 13.2 Å². The van der Waals surface area contributed by atoms with E-state index in [4.69, 9.17) is 0 Å². The Kier molecular flexibility index (Phi) is 5.91. The molecule has 1 atom stereocenters. The van der Waals surface area contributed by atoms with Gasteiger partial charge in [-0.15, -0.1) is 11.8 Å². The molecule has 0 radical (unpaired) electrons. The van der Waals surface area contributed by atoms with E-state index < -0.39 is 9.84 Å². The third-order valence-corrected chi connectivity index (χ3v) is 8.33. The number of hydrogen-bond donors (Lipinski definition) is 1. The monoisotopic (exact) mass is 429 g/mol. The minimum absolute atomic E-state index is 0.0171. The number of fused-ring (bicyclic) bond motifs is 1. The number of hydrogen-bond acceptors (Lipinski definition) is 5. The molecule has 3 aromatic rings. The maximum atomic E-state index is 12.7. The minimum atomic E-state index is -2.93. The number of sulfone groups is 1. The molecule has 6 nitrogen and oxygen atoms in total. The Labute approximate surface area is 174 Å². The smallest absolute Gasteiger partial charge is 0.252 e. The summed E-state index contributed by atoms with van der Waals surface area (Å²) < 4.78 is 25.5. The minimum Gasteiger partial charge on any atom is -0.352 e. The van der Waals surface area contributed by atoms with Gasteiger partial charge in [0, 0.05) is 23.2 Å². The number of aromatic nitrogens is 2. The molecule has 0 spiro atoms. The van der Waals surface area contributed by atoms with Gasteiger partial charge < -0.3 is 9.88 Å². The number of nitrogens with zero attached hydrogens (tertiary/aromatic N) is 2. The number of thioether (sulfide) groups is 1. The third-order valence-electron chi connectivity index (χ3n) is 5.00. The van der Waals surface area contributed by atoms with Crippen LogP contribution in [0.25, 0.3) is 11.0 Å². The van der Waals surface area contributed by atoms with Crippen LogP contribution in [0.4, 0.5) is 0 Å². The molecule has 1 aromatic heterocycles. The van der Waals surface area contributed by atoms with Crippen LogP contribution in [0.3, 0.4) is 0 Å². The topological polar surface area (TPSA) is 81.1 Å². The van der Waals surface area contributed by atoms with E-state index >= 15 is 0 Å². The average Bonchev–Trinajstić information content (AvgIpc) is 3.28. The van der Waals surface area contributed by atoms with Gasteiger partial charge in [-0.05, 0) is 37.1 Å². The van der Waals surface area contributed by atoms with Gasteiger partial charge in [-0.1, -0.05) is 24.3 Å². The van der Waals surface area contributed by atoms with Crippen molar-refractivity contribution in [2.75, 3.05) is 18.1 Å². The van der Waals surface area contributed by atoms with E-state index in [1.54, 1.807) is 6.07 Å². The molecule has 1 N–H and O–H groups in total. The molecule has 152 valence electrons. The van der Waals surface area contributed by atoms with E-state index in [-0.39, 0.29) is 22.7 Å². The van der Waals surface area contributed by atoms with Crippen LogP contribution < -0.4 is 5.32 Å². The highest BCUT2D eigenvalue weighted by atomic mass is 32.2. The standard InChI is InChI=1S/C21H23N3O3S2/c25-21(22-11-5-12-24-15-23-18-7-2-3-8-19(18)24)17-6-1-4-9-20(17)28-16-10-13-29(26,27)14-16/h1-4,6-9,15-16H,5,10-14H2,(H,22,25)/t16-/m1/s1. The number of aryl methyl sites for hydroxylation is 1. The second kappa shape index (κ2) is 8.59. The zero-order valence-electron chi connectivity index (χ0n) is 16.0. The van der Waals surface area contributed by atoms with Crippen molar-refractivity contribution >= 4 is 38.5 Å². The molecule has 8 heteroatoms. The van der Waals surface area contributed by atoms with E-state index in [2.05, 4.69) is 14.9 Å². The lowest BCUT2D eigenvalue weighted by Crippen LogP contribution is -2.26. The molecule has 0 saturated carbocycles. The molecule has 29 heavy (non-hydrogen) atoms. The fraction of sp³-hybridized carbons (Fsp3) is 0.333. The molecule has 1 fully saturated rings. The average molecular weight is 430 g/mol. The van der Waals surface area contributed by atoms with Crippen LogP contribution in [-0.4, -0.2) is 47.2 Å². The summed E-state index contributed by atoms with van der Waals surface area (Å²) in [6.45, 7) is 1.33. The van der Waals surface area contributed by atoms with E-state index in [0.717, 1.165) is 28.9 Å². The van der Waals surface area contributed by atoms with Gasteiger partial charge in [0.1, 0.15) is 0 Å².